The monoisotopic (exact) mass is 569 g/mol. The molecule has 1 amide bonds. The van der Waals surface area contributed by atoms with Crippen molar-refractivity contribution < 1.29 is 28.2 Å². The molecule has 3 heterocycles. The molecule has 0 radical (unpaired) electrons. The minimum absolute atomic E-state index is 0.0221. The summed E-state index contributed by atoms with van der Waals surface area (Å²) in [6.45, 7) is 4.24. The first-order valence-corrected chi connectivity index (χ1v) is 13.4. The maximum Gasteiger partial charge on any atom is 0.320 e. The Kier molecular flexibility index (Phi) is 8.73. The van der Waals surface area contributed by atoms with E-state index >= 15 is 0 Å². The normalized spacial score (nSPS) is 18.6. The Morgan fingerprint density at radius 3 is 2.85 bits per heavy atom. The molecule has 10 nitrogen and oxygen atoms in total. The first-order valence-electron chi connectivity index (χ1n) is 13.0. The number of amides is 1. The molecule has 12 heteroatoms. The maximum atomic E-state index is 13.7. The average molecular weight is 570 g/mol. The van der Waals surface area contributed by atoms with E-state index in [4.69, 9.17) is 25.8 Å². The van der Waals surface area contributed by atoms with Gasteiger partial charge in [0.05, 0.1) is 36.0 Å². The number of hydrogen-bond acceptors (Lipinski definition) is 9. The second-order valence-electron chi connectivity index (χ2n) is 9.66. The molecule has 0 unspecified atom stereocenters. The molecule has 0 saturated carbocycles. The summed E-state index contributed by atoms with van der Waals surface area (Å²) in [6.07, 6.45) is 5.73. The van der Waals surface area contributed by atoms with Gasteiger partial charge >= 0.3 is 5.97 Å². The number of aromatic nitrogens is 2. The van der Waals surface area contributed by atoms with Gasteiger partial charge in [-0.25, -0.2) is 14.4 Å². The number of hydrogen-bond donors (Lipinski definition) is 2. The Balaban J connectivity index is 1.39. The van der Waals surface area contributed by atoms with Crippen molar-refractivity contribution in [3.05, 3.63) is 59.7 Å². The molecule has 40 heavy (non-hydrogen) atoms. The van der Waals surface area contributed by atoms with Crippen LogP contribution in [0.2, 0.25) is 5.02 Å². The smallest absolute Gasteiger partial charge is 0.320 e. The van der Waals surface area contributed by atoms with Crippen LogP contribution in [-0.2, 0) is 19.1 Å². The van der Waals surface area contributed by atoms with E-state index in [0.29, 0.717) is 60.1 Å². The number of esters is 1. The quantitative estimate of drug-likeness (QED) is 0.299. The third-order valence-corrected chi connectivity index (χ3v) is 6.76. The van der Waals surface area contributed by atoms with Crippen molar-refractivity contribution in [2.75, 3.05) is 43.5 Å². The number of benzene rings is 2. The number of rotatable bonds is 8. The van der Waals surface area contributed by atoms with Crippen LogP contribution < -0.4 is 15.4 Å². The Morgan fingerprint density at radius 1 is 1.25 bits per heavy atom. The number of cyclic esters (lactones) is 1. The van der Waals surface area contributed by atoms with Gasteiger partial charge < -0.3 is 24.8 Å². The highest BCUT2D eigenvalue weighted by atomic mass is 35.5. The summed E-state index contributed by atoms with van der Waals surface area (Å²) < 4.78 is 30.5. The van der Waals surface area contributed by atoms with Crippen molar-refractivity contribution in [2.24, 2.45) is 0 Å². The molecule has 2 aliphatic rings. The number of anilines is 3. The minimum Gasteiger partial charge on any atom is -0.488 e. The lowest BCUT2D eigenvalue weighted by molar-refractivity contribution is -0.156. The van der Waals surface area contributed by atoms with E-state index in [1.54, 1.807) is 24.3 Å². The fraction of sp³-hybridized carbons (Fsp3) is 0.357. The fourth-order valence-corrected chi connectivity index (χ4v) is 4.78. The fourth-order valence-electron chi connectivity index (χ4n) is 4.59. The van der Waals surface area contributed by atoms with Gasteiger partial charge in [0.2, 0.25) is 5.91 Å². The van der Waals surface area contributed by atoms with Gasteiger partial charge in [-0.2, -0.15) is 0 Å². The van der Waals surface area contributed by atoms with Crippen LogP contribution in [0.4, 0.5) is 21.6 Å². The summed E-state index contributed by atoms with van der Waals surface area (Å²) >= 11 is 5.95. The van der Waals surface area contributed by atoms with Crippen LogP contribution >= 0.6 is 11.6 Å². The Morgan fingerprint density at radius 2 is 2.08 bits per heavy atom. The van der Waals surface area contributed by atoms with Crippen LogP contribution in [0.3, 0.4) is 0 Å². The number of nitrogens with zero attached hydrogens (tertiary/aromatic N) is 3. The SMILES string of the molecule is C[C@@H]1CN(C/C=C/C(=O)Nc2cc3c(Nc4ccc(F)c(Cl)c4)ncnc3cc2OC2CCOCC2)CC(=O)O1. The number of nitrogens with one attached hydrogen (secondary N) is 2. The van der Waals surface area contributed by atoms with Crippen molar-refractivity contribution in [2.45, 2.75) is 32.0 Å². The number of fused-ring (bicyclic) bond motifs is 1. The number of morpholine rings is 1. The van der Waals surface area contributed by atoms with E-state index in [1.165, 1.54) is 24.5 Å². The third kappa shape index (κ3) is 7.04. The molecule has 1 atom stereocenters. The molecule has 0 bridgehead atoms. The van der Waals surface area contributed by atoms with Crippen molar-refractivity contribution in [3.8, 4) is 5.75 Å². The highest BCUT2D eigenvalue weighted by Gasteiger charge is 2.23. The Labute approximate surface area is 235 Å². The summed E-state index contributed by atoms with van der Waals surface area (Å²) in [6, 6.07) is 7.78. The van der Waals surface area contributed by atoms with Crippen LogP contribution in [0.25, 0.3) is 10.9 Å². The third-order valence-electron chi connectivity index (χ3n) is 6.47. The van der Waals surface area contributed by atoms with E-state index in [1.807, 2.05) is 11.8 Å². The van der Waals surface area contributed by atoms with Gasteiger partial charge in [0.1, 0.15) is 35.9 Å². The van der Waals surface area contributed by atoms with Crippen LogP contribution in [0, 0.1) is 5.82 Å². The van der Waals surface area contributed by atoms with Crippen LogP contribution in [-0.4, -0.2) is 71.8 Å². The van der Waals surface area contributed by atoms with Gasteiger partial charge in [-0.3, -0.25) is 14.5 Å². The van der Waals surface area contributed by atoms with E-state index in [0.717, 1.165) is 12.8 Å². The topological polar surface area (TPSA) is 115 Å². The molecule has 0 spiro atoms. The van der Waals surface area contributed by atoms with Crippen molar-refractivity contribution >= 4 is 51.6 Å². The summed E-state index contributed by atoms with van der Waals surface area (Å²) in [4.78, 5) is 35.3. The van der Waals surface area contributed by atoms with Crippen LogP contribution in [0.15, 0.2) is 48.8 Å². The van der Waals surface area contributed by atoms with Gasteiger partial charge in [-0.05, 0) is 31.2 Å². The molecule has 2 fully saturated rings. The molecule has 5 rings (SSSR count). The molecular formula is C28H29ClFN5O5. The number of halogens is 2. The van der Waals surface area contributed by atoms with Crippen molar-refractivity contribution in [1.82, 2.24) is 14.9 Å². The summed E-state index contributed by atoms with van der Waals surface area (Å²) in [5.74, 6) is -0.245. The van der Waals surface area contributed by atoms with Crippen molar-refractivity contribution in [3.63, 3.8) is 0 Å². The molecule has 210 valence electrons. The molecular weight excluding hydrogens is 541 g/mol. The van der Waals surface area contributed by atoms with E-state index in [9.17, 15) is 14.0 Å². The van der Waals surface area contributed by atoms with E-state index in [-0.39, 0.29) is 35.7 Å². The van der Waals surface area contributed by atoms with E-state index < -0.39 is 5.82 Å². The van der Waals surface area contributed by atoms with Crippen LogP contribution in [0.5, 0.6) is 5.75 Å². The Bertz CT molecular complexity index is 1430. The van der Waals surface area contributed by atoms with Gasteiger partial charge in [0.15, 0.2) is 0 Å². The predicted octanol–water partition coefficient (Wildman–Crippen LogP) is 4.47. The zero-order chi connectivity index (χ0) is 28.1. The maximum absolute atomic E-state index is 13.7. The first-order chi connectivity index (χ1) is 19.3. The standard InChI is InChI=1S/C28H29ClFN5O5/c1-17-14-35(15-27(37)39-17)8-2-3-26(36)34-24-12-20-23(13-25(24)40-19-6-9-38-10-7-19)31-16-32-28(20)33-18-4-5-22(30)21(29)11-18/h2-5,11-13,16-17,19H,6-10,14-15H2,1H3,(H,34,36)(H,31,32,33)/b3-2+/t17-/m1/s1. The summed E-state index contributed by atoms with van der Waals surface area (Å²) in [5, 5.41) is 6.64. The highest BCUT2D eigenvalue weighted by Crippen LogP contribution is 2.35. The molecule has 2 aromatic carbocycles. The summed E-state index contributed by atoms with van der Waals surface area (Å²) in [5.41, 5.74) is 1.57. The zero-order valence-corrected chi connectivity index (χ0v) is 22.6. The zero-order valence-electron chi connectivity index (χ0n) is 21.9. The Hall–Kier alpha value is -3.80. The molecule has 0 aliphatic carbocycles. The second-order valence-corrected chi connectivity index (χ2v) is 10.1. The molecule has 2 aliphatic heterocycles. The number of carbonyl (C=O) groups excluding carboxylic acids is 2. The van der Waals surface area contributed by atoms with Gasteiger partial charge in [0.25, 0.3) is 0 Å². The lowest BCUT2D eigenvalue weighted by Gasteiger charge is -2.29. The molecule has 1 aromatic heterocycles. The number of carbonyl (C=O) groups is 2. The van der Waals surface area contributed by atoms with Gasteiger partial charge in [0, 0.05) is 49.1 Å². The largest absolute Gasteiger partial charge is 0.488 e. The van der Waals surface area contributed by atoms with Gasteiger partial charge in [-0.1, -0.05) is 17.7 Å². The lowest BCUT2D eigenvalue weighted by Crippen LogP contribution is -2.44. The number of ether oxygens (including phenoxy) is 3. The first kappa shape index (κ1) is 27.8. The van der Waals surface area contributed by atoms with Gasteiger partial charge in [-0.15, -0.1) is 0 Å². The van der Waals surface area contributed by atoms with Crippen molar-refractivity contribution in [1.29, 1.82) is 0 Å². The molecule has 3 aromatic rings. The summed E-state index contributed by atoms with van der Waals surface area (Å²) in [7, 11) is 0. The average Bonchev–Trinajstić information content (AvgIpc) is 2.91. The lowest BCUT2D eigenvalue weighted by atomic mass is 10.1. The van der Waals surface area contributed by atoms with E-state index in [2.05, 4.69) is 20.6 Å². The molecule has 2 N–H and O–H groups in total. The minimum atomic E-state index is -0.526. The second kappa shape index (κ2) is 12.6. The van der Waals surface area contributed by atoms with Crippen LogP contribution in [0.1, 0.15) is 19.8 Å². The molecule has 2 saturated heterocycles. The highest BCUT2D eigenvalue weighted by molar-refractivity contribution is 6.31. The predicted molar refractivity (Wildman–Crippen MR) is 148 cm³/mol.